The van der Waals surface area contributed by atoms with Crippen LogP contribution in [-0.4, -0.2) is 38.1 Å². The van der Waals surface area contributed by atoms with Crippen LogP contribution < -0.4 is 14.2 Å². The van der Waals surface area contributed by atoms with E-state index in [9.17, 15) is 9.59 Å². The van der Waals surface area contributed by atoms with Crippen LogP contribution >= 0.6 is 0 Å². The zero-order valence-electron chi connectivity index (χ0n) is 18.5. The maximum atomic E-state index is 13.6. The van der Waals surface area contributed by atoms with Crippen molar-refractivity contribution in [2.45, 2.75) is 6.10 Å². The van der Waals surface area contributed by atoms with Crippen LogP contribution in [0.15, 0.2) is 72.9 Å². The number of Topliss-reactive ketones (excluding diaryl/α,β-unsaturated/α-hetero) is 1. The minimum absolute atomic E-state index is 0.114. The van der Waals surface area contributed by atoms with Gasteiger partial charge in [-0.15, -0.1) is 0 Å². The van der Waals surface area contributed by atoms with E-state index in [1.54, 1.807) is 30.5 Å². The molecule has 168 valence electrons. The predicted octanol–water partition coefficient (Wildman–Crippen LogP) is 4.97. The largest absolute Gasteiger partial charge is 0.496 e. The Kier molecular flexibility index (Phi) is 6.31. The number of carbonyl (C=O) groups excluding carboxylic acids is 2. The van der Waals surface area contributed by atoms with Crippen molar-refractivity contribution in [3.05, 3.63) is 89.6 Å². The molecule has 7 heteroatoms. The fourth-order valence-electron chi connectivity index (χ4n) is 3.68. The smallest absolute Gasteiger partial charge is 0.343 e. The maximum Gasteiger partial charge on any atom is 0.343 e. The molecule has 4 aromatic rings. The predicted molar refractivity (Wildman–Crippen MR) is 123 cm³/mol. The van der Waals surface area contributed by atoms with Crippen molar-refractivity contribution < 1.29 is 28.5 Å². The van der Waals surface area contributed by atoms with Gasteiger partial charge in [-0.3, -0.25) is 4.79 Å². The lowest BCUT2D eigenvalue weighted by Crippen LogP contribution is -2.20. The average molecular weight is 445 g/mol. The van der Waals surface area contributed by atoms with E-state index in [1.165, 1.54) is 33.5 Å². The molecule has 1 aromatic heterocycles. The van der Waals surface area contributed by atoms with E-state index in [1.807, 2.05) is 30.3 Å². The molecule has 0 aliphatic heterocycles. The van der Waals surface area contributed by atoms with Gasteiger partial charge in [-0.1, -0.05) is 48.5 Å². The summed E-state index contributed by atoms with van der Waals surface area (Å²) in [6.07, 6.45) is 0.476. The number of ketones is 1. The summed E-state index contributed by atoms with van der Waals surface area (Å²) >= 11 is 0. The fourth-order valence-corrected chi connectivity index (χ4v) is 3.68. The van der Waals surface area contributed by atoms with Crippen LogP contribution in [-0.2, 0) is 4.74 Å². The van der Waals surface area contributed by atoms with Crippen molar-refractivity contribution in [1.29, 1.82) is 0 Å². The van der Waals surface area contributed by atoms with Gasteiger partial charge in [0.25, 0.3) is 0 Å². The Hall–Kier alpha value is -4.26. The number of para-hydroxylation sites is 1. The van der Waals surface area contributed by atoms with Crippen LogP contribution in [0.1, 0.15) is 32.4 Å². The second kappa shape index (κ2) is 9.48. The summed E-state index contributed by atoms with van der Waals surface area (Å²) in [5.74, 6) is -0.0878. The quantitative estimate of drug-likeness (QED) is 0.304. The van der Waals surface area contributed by atoms with Gasteiger partial charge in [0.2, 0.25) is 5.78 Å². The molecular formula is C26H23NO6. The number of hydrogen-bond acceptors (Lipinski definition) is 6. The van der Waals surface area contributed by atoms with Gasteiger partial charge in [-0.2, -0.15) is 0 Å². The monoisotopic (exact) mass is 445 g/mol. The Morgan fingerprint density at radius 2 is 1.39 bits per heavy atom. The minimum atomic E-state index is -1.16. The van der Waals surface area contributed by atoms with Crippen LogP contribution in [0.2, 0.25) is 0 Å². The molecule has 0 saturated carbocycles. The summed E-state index contributed by atoms with van der Waals surface area (Å²) in [6.45, 7) is 0. The molecule has 0 saturated heterocycles. The lowest BCUT2D eigenvalue weighted by Gasteiger charge is -2.19. The van der Waals surface area contributed by atoms with Gasteiger partial charge in [-0.05, 0) is 6.07 Å². The SMILES string of the molecule is COc1cc(OC)c(C(=O)O[C@@H](C(=O)c2c[nH]c3ccccc23)c2ccccc2)cc1OC. The van der Waals surface area contributed by atoms with E-state index in [0.29, 0.717) is 22.6 Å². The van der Waals surface area contributed by atoms with E-state index in [0.717, 1.165) is 10.9 Å². The van der Waals surface area contributed by atoms with Gasteiger partial charge < -0.3 is 23.9 Å². The highest BCUT2D eigenvalue weighted by Crippen LogP contribution is 2.36. The van der Waals surface area contributed by atoms with Crippen molar-refractivity contribution >= 4 is 22.7 Å². The number of H-pyrrole nitrogens is 1. The summed E-state index contributed by atoms with van der Waals surface area (Å²) in [4.78, 5) is 29.9. The number of carbonyl (C=O) groups is 2. The first-order valence-electron chi connectivity index (χ1n) is 10.2. The van der Waals surface area contributed by atoms with E-state index in [-0.39, 0.29) is 17.1 Å². The molecule has 0 radical (unpaired) electrons. The zero-order valence-corrected chi connectivity index (χ0v) is 18.5. The molecule has 33 heavy (non-hydrogen) atoms. The number of ether oxygens (including phenoxy) is 4. The van der Waals surface area contributed by atoms with Crippen LogP contribution in [0.5, 0.6) is 17.2 Å². The molecule has 0 aliphatic rings. The molecular weight excluding hydrogens is 422 g/mol. The third-order valence-corrected chi connectivity index (χ3v) is 5.35. The van der Waals surface area contributed by atoms with Crippen molar-refractivity contribution in [2.24, 2.45) is 0 Å². The molecule has 0 fully saturated rings. The van der Waals surface area contributed by atoms with Gasteiger partial charge in [0.1, 0.15) is 11.3 Å². The van der Waals surface area contributed by atoms with Crippen LogP contribution in [0.4, 0.5) is 0 Å². The number of hydrogen-bond donors (Lipinski definition) is 1. The summed E-state index contributed by atoms with van der Waals surface area (Å²) in [7, 11) is 4.39. The maximum absolute atomic E-state index is 13.6. The number of benzene rings is 3. The number of esters is 1. The van der Waals surface area contributed by atoms with Crippen molar-refractivity contribution in [3.8, 4) is 17.2 Å². The molecule has 1 atom stereocenters. The number of nitrogens with one attached hydrogen (secondary N) is 1. The average Bonchev–Trinajstić information content (AvgIpc) is 3.30. The third kappa shape index (κ3) is 4.25. The van der Waals surface area contributed by atoms with Crippen LogP contribution in [0.3, 0.4) is 0 Å². The minimum Gasteiger partial charge on any atom is -0.496 e. The molecule has 7 nitrogen and oxygen atoms in total. The number of aromatic nitrogens is 1. The number of fused-ring (bicyclic) bond motifs is 1. The first kappa shape index (κ1) is 22.0. The summed E-state index contributed by atoms with van der Waals surface area (Å²) in [5.41, 5.74) is 1.93. The molecule has 3 aromatic carbocycles. The van der Waals surface area contributed by atoms with Gasteiger partial charge >= 0.3 is 5.97 Å². The Bertz CT molecular complexity index is 1290. The Morgan fingerprint density at radius 1 is 0.758 bits per heavy atom. The Labute approximate surface area is 190 Å². The lowest BCUT2D eigenvalue weighted by atomic mass is 9.99. The molecule has 1 N–H and O–H groups in total. The van der Waals surface area contributed by atoms with Gasteiger partial charge in [0.05, 0.1) is 21.3 Å². The first-order valence-corrected chi connectivity index (χ1v) is 10.2. The number of aromatic amines is 1. The normalized spacial score (nSPS) is 11.6. The highest BCUT2D eigenvalue weighted by molar-refractivity contribution is 6.11. The third-order valence-electron chi connectivity index (χ3n) is 5.35. The molecule has 0 bridgehead atoms. The zero-order chi connectivity index (χ0) is 23.4. The van der Waals surface area contributed by atoms with Crippen molar-refractivity contribution in [1.82, 2.24) is 4.98 Å². The van der Waals surface area contributed by atoms with E-state index in [2.05, 4.69) is 4.98 Å². The van der Waals surface area contributed by atoms with E-state index >= 15 is 0 Å². The van der Waals surface area contributed by atoms with Crippen LogP contribution in [0.25, 0.3) is 10.9 Å². The molecule has 0 unspecified atom stereocenters. The van der Waals surface area contributed by atoms with E-state index < -0.39 is 12.1 Å². The number of rotatable bonds is 8. The first-order chi connectivity index (χ1) is 16.1. The Morgan fingerprint density at radius 3 is 2.09 bits per heavy atom. The summed E-state index contributed by atoms with van der Waals surface area (Å²) in [6, 6.07) is 19.4. The molecule has 0 amide bonds. The summed E-state index contributed by atoms with van der Waals surface area (Å²) < 4.78 is 21.7. The highest BCUT2D eigenvalue weighted by atomic mass is 16.6. The van der Waals surface area contributed by atoms with Gasteiger partial charge in [0.15, 0.2) is 17.6 Å². The van der Waals surface area contributed by atoms with Gasteiger partial charge in [0, 0.05) is 40.4 Å². The Balaban J connectivity index is 1.74. The fraction of sp³-hybridized carbons (Fsp3) is 0.154. The van der Waals surface area contributed by atoms with E-state index in [4.69, 9.17) is 18.9 Å². The molecule has 1 heterocycles. The van der Waals surface area contributed by atoms with Crippen molar-refractivity contribution in [2.75, 3.05) is 21.3 Å². The molecule has 0 spiro atoms. The summed E-state index contributed by atoms with van der Waals surface area (Å²) in [5, 5.41) is 0.753. The van der Waals surface area contributed by atoms with Gasteiger partial charge in [-0.25, -0.2) is 4.79 Å². The molecule has 0 aliphatic carbocycles. The lowest BCUT2D eigenvalue weighted by molar-refractivity contribution is 0.0277. The second-order valence-corrected chi connectivity index (χ2v) is 7.22. The number of methoxy groups -OCH3 is 3. The second-order valence-electron chi connectivity index (χ2n) is 7.22. The molecule has 4 rings (SSSR count). The topological polar surface area (TPSA) is 86.9 Å². The standard InChI is InChI=1S/C26H23NO6/c1-30-21-14-23(32-3)22(31-2)13-18(21)26(29)33-25(16-9-5-4-6-10-16)24(28)19-15-27-20-12-8-7-11-17(19)20/h4-15,25,27H,1-3H3/t25-/m1/s1. The van der Waals surface area contributed by atoms with Crippen molar-refractivity contribution in [3.63, 3.8) is 0 Å². The highest BCUT2D eigenvalue weighted by Gasteiger charge is 2.30. The van der Waals surface area contributed by atoms with Crippen LogP contribution in [0, 0.1) is 0 Å².